The van der Waals surface area contributed by atoms with Gasteiger partial charge in [-0.25, -0.2) is 0 Å². The van der Waals surface area contributed by atoms with E-state index in [0.717, 1.165) is 17.0 Å². The first-order chi connectivity index (χ1) is 13.5. The normalized spacial score (nSPS) is 10.8. The number of rotatable bonds is 7. The number of anilines is 1. The highest BCUT2D eigenvalue weighted by molar-refractivity contribution is 5.93. The molecule has 0 saturated carbocycles. The zero-order valence-corrected chi connectivity index (χ0v) is 15.4. The van der Waals surface area contributed by atoms with Crippen LogP contribution in [0.5, 0.6) is 11.5 Å². The smallest absolute Gasteiger partial charge is 0.387 e. The number of nitrogens with one attached hydrogen (secondary N) is 1. The lowest BCUT2D eigenvalue weighted by Gasteiger charge is -2.14. The number of aromatic nitrogens is 2. The Bertz CT molecular complexity index is 925. The minimum absolute atomic E-state index is 0.0518. The predicted molar refractivity (Wildman–Crippen MR) is 101 cm³/mol. The minimum atomic E-state index is -2.88. The maximum Gasteiger partial charge on any atom is 0.387 e. The number of halogens is 2. The number of hydrogen-bond acceptors (Lipinski definition) is 4. The first-order valence-electron chi connectivity index (χ1n) is 8.46. The summed E-state index contributed by atoms with van der Waals surface area (Å²) in [6.45, 7) is -2.88. The molecule has 3 aromatic rings. The maximum atomic E-state index is 12.5. The van der Waals surface area contributed by atoms with Gasteiger partial charge in [0.05, 0.1) is 19.2 Å². The van der Waals surface area contributed by atoms with Crippen LogP contribution in [0.25, 0.3) is 11.3 Å². The number of aromatic amines is 1. The molecule has 1 N–H and O–H groups in total. The number of methoxy groups -OCH3 is 1. The molecule has 8 heteroatoms. The van der Waals surface area contributed by atoms with Gasteiger partial charge in [0.15, 0.2) is 5.82 Å². The van der Waals surface area contributed by atoms with Crippen molar-refractivity contribution < 1.29 is 23.0 Å². The lowest BCUT2D eigenvalue weighted by Crippen LogP contribution is -2.28. The lowest BCUT2D eigenvalue weighted by atomic mass is 10.1. The van der Waals surface area contributed by atoms with Gasteiger partial charge < -0.3 is 9.47 Å². The molecule has 0 spiro atoms. The molecule has 1 heterocycles. The van der Waals surface area contributed by atoms with E-state index in [-0.39, 0.29) is 18.1 Å². The third-order valence-corrected chi connectivity index (χ3v) is 4.19. The van der Waals surface area contributed by atoms with E-state index in [1.807, 2.05) is 24.3 Å². The van der Waals surface area contributed by atoms with E-state index >= 15 is 0 Å². The van der Waals surface area contributed by atoms with Crippen molar-refractivity contribution in [1.82, 2.24) is 10.2 Å². The quantitative estimate of drug-likeness (QED) is 0.668. The highest BCUT2D eigenvalue weighted by Crippen LogP contribution is 2.24. The molecule has 1 amide bonds. The van der Waals surface area contributed by atoms with Crippen molar-refractivity contribution in [3.63, 3.8) is 0 Å². The van der Waals surface area contributed by atoms with Gasteiger partial charge >= 0.3 is 6.61 Å². The van der Waals surface area contributed by atoms with Gasteiger partial charge in [0.2, 0.25) is 5.91 Å². The van der Waals surface area contributed by atoms with Crippen LogP contribution in [0.15, 0.2) is 54.6 Å². The summed E-state index contributed by atoms with van der Waals surface area (Å²) < 4.78 is 33.8. The second-order valence-electron chi connectivity index (χ2n) is 6.02. The van der Waals surface area contributed by atoms with Crippen LogP contribution >= 0.6 is 0 Å². The Balaban J connectivity index is 1.65. The molecule has 146 valence electrons. The minimum Gasteiger partial charge on any atom is -0.497 e. The maximum absolute atomic E-state index is 12.5. The molecule has 0 bridgehead atoms. The van der Waals surface area contributed by atoms with Gasteiger partial charge in [-0.05, 0) is 47.5 Å². The zero-order valence-electron chi connectivity index (χ0n) is 15.4. The molecule has 3 rings (SSSR count). The van der Waals surface area contributed by atoms with E-state index in [1.54, 1.807) is 32.4 Å². The zero-order chi connectivity index (χ0) is 20.1. The van der Waals surface area contributed by atoms with Gasteiger partial charge in [0, 0.05) is 13.1 Å². The molecule has 0 saturated heterocycles. The number of carbonyl (C=O) groups excluding carboxylic acids is 1. The number of carbonyl (C=O) groups is 1. The summed E-state index contributed by atoms with van der Waals surface area (Å²) in [5.74, 6) is 1.10. The highest BCUT2D eigenvalue weighted by atomic mass is 19.3. The van der Waals surface area contributed by atoms with Crippen LogP contribution in [0, 0.1) is 0 Å². The van der Waals surface area contributed by atoms with Gasteiger partial charge in [0.1, 0.15) is 11.5 Å². The molecule has 0 atom stereocenters. The highest BCUT2D eigenvalue weighted by Gasteiger charge is 2.15. The third kappa shape index (κ3) is 4.64. The predicted octanol–water partition coefficient (Wildman–Crippen LogP) is 3.89. The van der Waals surface area contributed by atoms with Gasteiger partial charge in [-0.3, -0.25) is 14.8 Å². The Hall–Kier alpha value is -3.42. The molecule has 0 fully saturated rings. The molecule has 6 nitrogen and oxygen atoms in total. The molecule has 0 unspecified atom stereocenters. The van der Waals surface area contributed by atoms with Crippen LogP contribution in [0.3, 0.4) is 0 Å². The molecule has 0 radical (unpaired) electrons. The number of H-pyrrole nitrogens is 1. The Morgan fingerprint density at radius 2 is 1.75 bits per heavy atom. The van der Waals surface area contributed by atoms with Crippen molar-refractivity contribution in [2.24, 2.45) is 0 Å². The lowest BCUT2D eigenvalue weighted by molar-refractivity contribution is -0.117. The molecule has 0 aliphatic rings. The van der Waals surface area contributed by atoms with Crippen molar-refractivity contribution in [3.8, 4) is 22.8 Å². The van der Waals surface area contributed by atoms with E-state index in [2.05, 4.69) is 14.9 Å². The van der Waals surface area contributed by atoms with E-state index in [4.69, 9.17) is 4.74 Å². The van der Waals surface area contributed by atoms with Gasteiger partial charge in [-0.1, -0.05) is 12.1 Å². The number of nitrogens with zero attached hydrogens (tertiary/aromatic N) is 2. The molecule has 0 aliphatic heterocycles. The number of ether oxygens (including phenoxy) is 2. The number of benzene rings is 2. The van der Waals surface area contributed by atoms with Crippen LogP contribution in [-0.4, -0.2) is 36.9 Å². The van der Waals surface area contributed by atoms with Gasteiger partial charge in [0.25, 0.3) is 0 Å². The fourth-order valence-corrected chi connectivity index (χ4v) is 2.61. The molecular weight excluding hydrogens is 368 g/mol. The molecule has 0 aliphatic carbocycles. The van der Waals surface area contributed by atoms with E-state index in [1.165, 1.54) is 17.0 Å². The van der Waals surface area contributed by atoms with Crippen molar-refractivity contribution in [2.45, 2.75) is 13.0 Å². The number of hydrogen-bond donors (Lipinski definition) is 1. The van der Waals surface area contributed by atoms with E-state index < -0.39 is 6.61 Å². The summed E-state index contributed by atoms with van der Waals surface area (Å²) in [6.07, 6.45) is 0.107. The molecular formula is C20H19F2N3O3. The van der Waals surface area contributed by atoms with Crippen molar-refractivity contribution in [3.05, 3.63) is 60.2 Å². The van der Waals surface area contributed by atoms with Crippen LogP contribution in [-0.2, 0) is 11.2 Å². The fraction of sp³-hybridized carbons (Fsp3) is 0.200. The van der Waals surface area contributed by atoms with Crippen LogP contribution in [0.1, 0.15) is 5.56 Å². The first kappa shape index (κ1) is 19.3. The topological polar surface area (TPSA) is 67.4 Å². The summed E-state index contributed by atoms with van der Waals surface area (Å²) >= 11 is 0. The number of alkyl halides is 2. The Labute approximate surface area is 160 Å². The summed E-state index contributed by atoms with van der Waals surface area (Å²) in [5.41, 5.74) is 2.37. The summed E-state index contributed by atoms with van der Waals surface area (Å²) in [5, 5.41) is 7.10. The average molecular weight is 387 g/mol. The van der Waals surface area contributed by atoms with Crippen molar-refractivity contribution >= 4 is 11.7 Å². The molecule has 1 aromatic heterocycles. The average Bonchev–Trinajstić information content (AvgIpc) is 3.18. The van der Waals surface area contributed by atoms with Crippen LogP contribution in [0.4, 0.5) is 14.6 Å². The van der Waals surface area contributed by atoms with Gasteiger partial charge in [-0.15, -0.1) is 0 Å². The van der Waals surface area contributed by atoms with Crippen molar-refractivity contribution in [2.75, 3.05) is 19.1 Å². The summed E-state index contributed by atoms with van der Waals surface area (Å²) in [4.78, 5) is 13.9. The number of likely N-dealkylation sites (N-methyl/N-ethyl adjacent to an activating group) is 1. The SMILES string of the molecule is COc1ccc(-c2cc(N(C)C(=O)Cc3ccc(OC(F)F)cc3)n[nH]2)cc1. The summed E-state index contributed by atoms with van der Waals surface area (Å²) in [7, 11) is 3.23. The van der Waals surface area contributed by atoms with E-state index in [0.29, 0.717) is 11.4 Å². The van der Waals surface area contributed by atoms with Crippen molar-refractivity contribution in [1.29, 1.82) is 0 Å². The fourth-order valence-electron chi connectivity index (χ4n) is 2.61. The third-order valence-electron chi connectivity index (χ3n) is 4.19. The Morgan fingerprint density at radius 1 is 1.11 bits per heavy atom. The summed E-state index contributed by atoms with van der Waals surface area (Å²) in [6, 6.07) is 15.2. The standard InChI is InChI=1S/C20H19F2N3O3/c1-25(19(26)11-13-3-7-16(8-4-13)28-20(21)22)18-12-17(23-24-18)14-5-9-15(27-2)10-6-14/h3-10,12,20H,11H2,1-2H3,(H,23,24). The van der Waals surface area contributed by atoms with Crippen LogP contribution in [0.2, 0.25) is 0 Å². The molecule has 2 aromatic carbocycles. The monoisotopic (exact) mass is 387 g/mol. The van der Waals surface area contributed by atoms with Gasteiger partial charge in [-0.2, -0.15) is 13.9 Å². The largest absolute Gasteiger partial charge is 0.497 e. The van der Waals surface area contributed by atoms with E-state index in [9.17, 15) is 13.6 Å². The Kier molecular flexibility index (Phi) is 5.88. The number of amides is 1. The molecule has 28 heavy (non-hydrogen) atoms. The first-order valence-corrected chi connectivity index (χ1v) is 8.46. The Morgan fingerprint density at radius 3 is 2.36 bits per heavy atom. The second kappa shape index (κ2) is 8.51. The van der Waals surface area contributed by atoms with Crippen LogP contribution < -0.4 is 14.4 Å². The second-order valence-corrected chi connectivity index (χ2v) is 6.02.